The molecule has 24 heavy (non-hydrogen) atoms. The second-order valence-electron chi connectivity index (χ2n) is 6.17. The first kappa shape index (κ1) is 22.4. The molecule has 1 amide bonds. The summed E-state index contributed by atoms with van der Waals surface area (Å²) >= 11 is 0. The van der Waals surface area contributed by atoms with Gasteiger partial charge in [-0.15, -0.1) is 0 Å². The summed E-state index contributed by atoms with van der Waals surface area (Å²) in [6, 6.07) is -1.11. The van der Waals surface area contributed by atoms with E-state index in [4.69, 9.17) is 5.11 Å². The molecule has 6 nitrogen and oxygen atoms in total. The van der Waals surface area contributed by atoms with Crippen LogP contribution >= 0.6 is 0 Å². The molecule has 0 aliphatic carbocycles. The normalized spacial score (nSPS) is 11.8. The number of amides is 1. The van der Waals surface area contributed by atoms with Gasteiger partial charge in [-0.05, 0) is 6.42 Å². The maximum atomic E-state index is 11.8. The molecule has 0 saturated heterocycles. The lowest BCUT2D eigenvalue weighted by Gasteiger charge is -2.14. The molecule has 0 spiro atoms. The Morgan fingerprint density at radius 2 is 1.42 bits per heavy atom. The van der Waals surface area contributed by atoms with Crippen molar-refractivity contribution < 1.29 is 24.2 Å². The van der Waals surface area contributed by atoms with Crippen molar-refractivity contribution in [2.75, 3.05) is 7.11 Å². The SMILES string of the molecule is CCCCCCCCCCCCC(=O)N[C@@H](CC(=O)O)C(=O)OC. The maximum Gasteiger partial charge on any atom is 0.328 e. The van der Waals surface area contributed by atoms with Crippen molar-refractivity contribution in [2.24, 2.45) is 0 Å². The molecule has 0 aliphatic heterocycles. The molecule has 0 saturated carbocycles. The number of carbonyl (C=O) groups excluding carboxylic acids is 2. The summed E-state index contributed by atoms with van der Waals surface area (Å²) in [5, 5.41) is 11.2. The van der Waals surface area contributed by atoms with Gasteiger partial charge in [-0.25, -0.2) is 4.79 Å². The molecule has 0 aromatic carbocycles. The fraction of sp³-hybridized carbons (Fsp3) is 0.833. The Morgan fingerprint density at radius 3 is 1.88 bits per heavy atom. The Hall–Kier alpha value is -1.59. The van der Waals surface area contributed by atoms with Crippen LogP contribution in [0.4, 0.5) is 0 Å². The molecule has 0 fully saturated rings. The Balaban J connectivity index is 3.70. The van der Waals surface area contributed by atoms with Gasteiger partial charge < -0.3 is 15.2 Å². The summed E-state index contributed by atoms with van der Waals surface area (Å²) in [5.74, 6) is -2.18. The fourth-order valence-electron chi connectivity index (χ4n) is 2.55. The number of methoxy groups -OCH3 is 1. The monoisotopic (exact) mass is 343 g/mol. The average Bonchev–Trinajstić information content (AvgIpc) is 2.54. The van der Waals surface area contributed by atoms with Crippen LogP contribution in [0.25, 0.3) is 0 Å². The molecule has 140 valence electrons. The van der Waals surface area contributed by atoms with Gasteiger partial charge in [0.2, 0.25) is 5.91 Å². The number of esters is 1. The Labute approximate surface area is 145 Å². The lowest BCUT2D eigenvalue weighted by Crippen LogP contribution is -2.42. The van der Waals surface area contributed by atoms with Gasteiger partial charge in [0.25, 0.3) is 0 Å². The number of nitrogens with one attached hydrogen (secondary N) is 1. The lowest BCUT2D eigenvalue weighted by atomic mass is 10.1. The van der Waals surface area contributed by atoms with Crippen molar-refractivity contribution in [3.8, 4) is 0 Å². The summed E-state index contributed by atoms with van der Waals surface area (Å²) in [4.78, 5) is 33.9. The fourth-order valence-corrected chi connectivity index (χ4v) is 2.55. The standard InChI is InChI=1S/C18H33NO5/c1-3-4-5-6-7-8-9-10-11-12-13-16(20)19-15(14-17(21)22)18(23)24-2/h15H,3-14H2,1-2H3,(H,19,20)(H,21,22)/t15-/m0/s1. The van der Waals surface area contributed by atoms with Gasteiger partial charge in [0.1, 0.15) is 6.04 Å². The highest BCUT2D eigenvalue weighted by atomic mass is 16.5. The number of hydrogen-bond acceptors (Lipinski definition) is 4. The van der Waals surface area contributed by atoms with Crippen LogP contribution in [0, 0.1) is 0 Å². The first-order chi connectivity index (χ1) is 11.5. The summed E-state index contributed by atoms with van der Waals surface area (Å²) in [6.07, 6.45) is 11.6. The highest BCUT2D eigenvalue weighted by Crippen LogP contribution is 2.11. The zero-order valence-corrected chi connectivity index (χ0v) is 15.1. The minimum Gasteiger partial charge on any atom is -0.481 e. The zero-order chi connectivity index (χ0) is 18.2. The van der Waals surface area contributed by atoms with Crippen LogP contribution in [0.2, 0.25) is 0 Å². The average molecular weight is 343 g/mol. The lowest BCUT2D eigenvalue weighted by molar-refractivity contribution is -0.149. The zero-order valence-electron chi connectivity index (χ0n) is 15.1. The summed E-state index contributed by atoms with van der Waals surface area (Å²) < 4.78 is 4.50. The molecule has 0 aliphatic rings. The molecule has 0 heterocycles. The van der Waals surface area contributed by atoms with Crippen molar-refractivity contribution in [1.82, 2.24) is 5.32 Å². The van der Waals surface area contributed by atoms with Crippen molar-refractivity contribution in [2.45, 2.75) is 90.0 Å². The van der Waals surface area contributed by atoms with Gasteiger partial charge in [-0.3, -0.25) is 9.59 Å². The van der Waals surface area contributed by atoms with E-state index in [-0.39, 0.29) is 5.91 Å². The number of carboxylic acid groups (broad SMARTS) is 1. The number of carboxylic acids is 1. The Bertz CT molecular complexity index is 370. The largest absolute Gasteiger partial charge is 0.481 e. The van der Waals surface area contributed by atoms with Crippen molar-refractivity contribution in [1.29, 1.82) is 0 Å². The number of hydrogen-bond donors (Lipinski definition) is 2. The predicted molar refractivity (Wildman–Crippen MR) is 92.7 cm³/mol. The van der Waals surface area contributed by atoms with Crippen LogP contribution in [0.5, 0.6) is 0 Å². The first-order valence-corrected chi connectivity index (χ1v) is 9.10. The van der Waals surface area contributed by atoms with Gasteiger partial charge in [-0.2, -0.15) is 0 Å². The van der Waals surface area contributed by atoms with Crippen LogP contribution in [0.3, 0.4) is 0 Å². The maximum absolute atomic E-state index is 11.8. The third-order valence-corrected chi connectivity index (χ3v) is 3.96. The van der Waals surface area contributed by atoms with Gasteiger partial charge in [0.05, 0.1) is 13.5 Å². The van der Waals surface area contributed by atoms with Gasteiger partial charge >= 0.3 is 11.9 Å². The summed E-state index contributed by atoms with van der Waals surface area (Å²) in [5.41, 5.74) is 0. The highest BCUT2D eigenvalue weighted by molar-refractivity contribution is 5.87. The minimum atomic E-state index is -1.15. The molecule has 0 unspecified atom stereocenters. The third-order valence-electron chi connectivity index (χ3n) is 3.96. The topological polar surface area (TPSA) is 92.7 Å². The molecular formula is C18H33NO5. The molecule has 0 radical (unpaired) electrons. The van der Waals surface area contributed by atoms with Crippen LogP contribution in [-0.4, -0.2) is 36.1 Å². The van der Waals surface area contributed by atoms with E-state index < -0.39 is 24.4 Å². The Kier molecular flexibility index (Phi) is 14.0. The summed E-state index contributed by atoms with van der Waals surface area (Å²) in [6.45, 7) is 2.21. The van der Waals surface area contributed by atoms with E-state index in [1.54, 1.807) is 0 Å². The van der Waals surface area contributed by atoms with E-state index in [1.807, 2.05) is 0 Å². The summed E-state index contributed by atoms with van der Waals surface area (Å²) in [7, 11) is 1.17. The van der Waals surface area contributed by atoms with E-state index in [1.165, 1.54) is 52.1 Å². The quantitative estimate of drug-likeness (QED) is 0.351. The highest BCUT2D eigenvalue weighted by Gasteiger charge is 2.24. The van der Waals surface area contributed by atoms with Gasteiger partial charge in [0, 0.05) is 6.42 Å². The second kappa shape index (κ2) is 15.0. The molecular weight excluding hydrogens is 310 g/mol. The molecule has 0 aromatic rings. The van der Waals surface area contributed by atoms with Gasteiger partial charge in [0.15, 0.2) is 0 Å². The molecule has 0 aromatic heterocycles. The van der Waals surface area contributed by atoms with Crippen LogP contribution in [0.15, 0.2) is 0 Å². The van der Waals surface area contributed by atoms with E-state index in [0.29, 0.717) is 6.42 Å². The Morgan fingerprint density at radius 1 is 0.917 bits per heavy atom. The van der Waals surface area contributed by atoms with Gasteiger partial charge in [-0.1, -0.05) is 64.7 Å². The molecule has 2 N–H and O–H groups in total. The number of rotatable bonds is 15. The van der Waals surface area contributed by atoms with Crippen LogP contribution < -0.4 is 5.32 Å². The third kappa shape index (κ3) is 12.9. The molecule has 0 rings (SSSR count). The smallest absolute Gasteiger partial charge is 0.328 e. The number of unbranched alkanes of at least 4 members (excludes halogenated alkanes) is 9. The van der Waals surface area contributed by atoms with E-state index in [9.17, 15) is 14.4 Å². The van der Waals surface area contributed by atoms with Crippen molar-refractivity contribution in [3.63, 3.8) is 0 Å². The minimum absolute atomic E-state index is 0.300. The van der Waals surface area contributed by atoms with Crippen LogP contribution in [0.1, 0.15) is 84.0 Å². The molecule has 1 atom stereocenters. The number of aliphatic carboxylic acids is 1. The van der Waals surface area contributed by atoms with E-state index in [0.717, 1.165) is 19.3 Å². The van der Waals surface area contributed by atoms with Crippen LogP contribution in [-0.2, 0) is 19.1 Å². The number of carbonyl (C=O) groups is 3. The van der Waals surface area contributed by atoms with Crippen molar-refractivity contribution in [3.05, 3.63) is 0 Å². The number of ether oxygens (including phenoxy) is 1. The molecule has 0 bridgehead atoms. The van der Waals surface area contributed by atoms with E-state index in [2.05, 4.69) is 17.0 Å². The molecule has 6 heteroatoms. The van der Waals surface area contributed by atoms with E-state index >= 15 is 0 Å². The van der Waals surface area contributed by atoms with Crippen molar-refractivity contribution >= 4 is 17.8 Å². The predicted octanol–water partition coefficient (Wildman–Crippen LogP) is 3.43. The first-order valence-electron chi connectivity index (χ1n) is 9.10. The second-order valence-corrected chi connectivity index (χ2v) is 6.17.